The van der Waals surface area contributed by atoms with Gasteiger partial charge >= 0.3 is 0 Å². The summed E-state index contributed by atoms with van der Waals surface area (Å²) < 4.78 is 26.6. The van der Waals surface area contributed by atoms with Crippen LogP contribution in [-0.2, 0) is 23.0 Å². The van der Waals surface area contributed by atoms with E-state index in [9.17, 15) is 8.42 Å². The number of nitrogens with one attached hydrogen (secondary N) is 1. The van der Waals surface area contributed by atoms with Crippen LogP contribution < -0.4 is 5.32 Å². The van der Waals surface area contributed by atoms with Gasteiger partial charge in [0, 0.05) is 20.1 Å². The van der Waals surface area contributed by atoms with Gasteiger partial charge in [-0.1, -0.05) is 33.8 Å². The highest BCUT2D eigenvalue weighted by Crippen LogP contribution is 2.20. The van der Waals surface area contributed by atoms with E-state index in [2.05, 4.69) is 12.2 Å². The molecule has 0 amide bonds. The van der Waals surface area contributed by atoms with Gasteiger partial charge in [-0.15, -0.1) is 0 Å². The summed E-state index contributed by atoms with van der Waals surface area (Å²) in [6, 6.07) is 5.47. The fourth-order valence-electron chi connectivity index (χ4n) is 2.32. The van der Waals surface area contributed by atoms with E-state index in [1.165, 1.54) is 9.87 Å². The van der Waals surface area contributed by atoms with Gasteiger partial charge in [0.25, 0.3) is 0 Å². The highest BCUT2D eigenvalue weighted by atomic mass is 32.2. The minimum atomic E-state index is -3.40. The standard InChI is InChI=1S/C16H28N2O2S/c1-6-14-8-9-16(10-15(14)11-17-7-2)21(19,20)18(5)12-13(3)4/h8-10,13,17H,6-7,11-12H2,1-5H3. The molecule has 0 unspecified atom stereocenters. The lowest BCUT2D eigenvalue weighted by molar-refractivity contribution is 0.417. The molecule has 0 aliphatic rings. The Labute approximate surface area is 129 Å². The van der Waals surface area contributed by atoms with Crippen molar-refractivity contribution in [1.82, 2.24) is 9.62 Å². The van der Waals surface area contributed by atoms with Gasteiger partial charge in [-0.25, -0.2) is 12.7 Å². The number of benzene rings is 1. The highest BCUT2D eigenvalue weighted by molar-refractivity contribution is 7.89. The first-order valence-corrected chi connectivity index (χ1v) is 9.05. The summed E-state index contributed by atoms with van der Waals surface area (Å²) in [6.07, 6.45) is 0.906. The first-order chi connectivity index (χ1) is 9.82. The average molecular weight is 312 g/mol. The molecule has 0 saturated carbocycles. The van der Waals surface area contributed by atoms with E-state index in [1.807, 2.05) is 32.9 Å². The molecule has 1 N–H and O–H groups in total. The Morgan fingerprint density at radius 3 is 2.38 bits per heavy atom. The number of hydrogen-bond donors (Lipinski definition) is 1. The van der Waals surface area contributed by atoms with E-state index >= 15 is 0 Å². The van der Waals surface area contributed by atoms with Gasteiger partial charge < -0.3 is 5.32 Å². The predicted octanol–water partition coefficient (Wildman–Crippen LogP) is 2.64. The molecule has 4 nitrogen and oxygen atoms in total. The molecule has 1 aromatic rings. The minimum Gasteiger partial charge on any atom is -0.313 e. The molecule has 0 bridgehead atoms. The first kappa shape index (κ1) is 18.1. The molecule has 0 radical (unpaired) electrons. The Morgan fingerprint density at radius 1 is 1.19 bits per heavy atom. The van der Waals surface area contributed by atoms with Crippen molar-refractivity contribution in [2.45, 2.75) is 45.6 Å². The van der Waals surface area contributed by atoms with Crippen LogP contribution in [-0.4, -0.2) is 32.9 Å². The van der Waals surface area contributed by atoms with Gasteiger partial charge in [-0.3, -0.25) is 0 Å². The summed E-state index contributed by atoms with van der Waals surface area (Å²) >= 11 is 0. The largest absolute Gasteiger partial charge is 0.313 e. The summed E-state index contributed by atoms with van der Waals surface area (Å²) in [6.45, 7) is 10.3. The molecule has 0 atom stereocenters. The van der Waals surface area contributed by atoms with Crippen LogP contribution in [0, 0.1) is 5.92 Å². The van der Waals surface area contributed by atoms with Crippen LogP contribution in [0.25, 0.3) is 0 Å². The van der Waals surface area contributed by atoms with E-state index in [1.54, 1.807) is 13.1 Å². The number of aryl methyl sites for hydroxylation is 1. The lowest BCUT2D eigenvalue weighted by Gasteiger charge is -2.20. The first-order valence-electron chi connectivity index (χ1n) is 7.61. The van der Waals surface area contributed by atoms with E-state index in [0.29, 0.717) is 23.9 Å². The van der Waals surface area contributed by atoms with Gasteiger partial charge in [0.2, 0.25) is 10.0 Å². The van der Waals surface area contributed by atoms with Crippen molar-refractivity contribution in [1.29, 1.82) is 0 Å². The SMILES string of the molecule is CCNCc1cc(S(=O)(=O)N(C)CC(C)C)ccc1CC. The lowest BCUT2D eigenvalue weighted by Crippen LogP contribution is -2.30. The maximum absolute atomic E-state index is 12.6. The van der Waals surface area contributed by atoms with E-state index in [-0.39, 0.29) is 0 Å². The van der Waals surface area contributed by atoms with Crippen molar-refractivity contribution in [3.8, 4) is 0 Å². The third-order valence-electron chi connectivity index (χ3n) is 3.45. The molecular formula is C16H28N2O2S. The second-order valence-corrected chi connectivity index (χ2v) is 7.79. The van der Waals surface area contributed by atoms with Crippen LogP contribution in [0.2, 0.25) is 0 Å². The van der Waals surface area contributed by atoms with E-state index in [0.717, 1.165) is 18.5 Å². The van der Waals surface area contributed by atoms with Crippen molar-refractivity contribution in [2.24, 2.45) is 5.92 Å². The Bertz CT molecular complexity index is 553. The third kappa shape index (κ3) is 4.80. The minimum absolute atomic E-state index is 0.306. The van der Waals surface area contributed by atoms with Gasteiger partial charge in [0.15, 0.2) is 0 Å². The van der Waals surface area contributed by atoms with Gasteiger partial charge in [-0.05, 0) is 42.1 Å². The Hall–Kier alpha value is -0.910. The van der Waals surface area contributed by atoms with Gasteiger partial charge in [-0.2, -0.15) is 0 Å². The Balaban J connectivity index is 3.12. The van der Waals surface area contributed by atoms with Crippen LogP contribution in [0.3, 0.4) is 0 Å². The molecule has 0 aliphatic carbocycles. The zero-order valence-corrected chi connectivity index (χ0v) is 14.6. The van der Waals surface area contributed by atoms with Crippen LogP contribution in [0.4, 0.5) is 0 Å². The number of sulfonamides is 1. The van der Waals surface area contributed by atoms with E-state index in [4.69, 9.17) is 0 Å². The normalized spacial score (nSPS) is 12.3. The quantitative estimate of drug-likeness (QED) is 0.803. The summed E-state index contributed by atoms with van der Waals surface area (Å²) in [5, 5.41) is 3.27. The molecule has 0 spiro atoms. The summed E-state index contributed by atoms with van der Waals surface area (Å²) in [5.74, 6) is 0.306. The zero-order chi connectivity index (χ0) is 16.0. The summed E-state index contributed by atoms with van der Waals surface area (Å²) in [4.78, 5) is 0.385. The van der Waals surface area contributed by atoms with Crippen LogP contribution in [0.5, 0.6) is 0 Å². The van der Waals surface area contributed by atoms with Crippen molar-refractivity contribution in [3.05, 3.63) is 29.3 Å². The molecule has 120 valence electrons. The smallest absolute Gasteiger partial charge is 0.242 e. The highest BCUT2D eigenvalue weighted by Gasteiger charge is 2.22. The predicted molar refractivity (Wildman–Crippen MR) is 87.9 cm³/mol. The van der Waals surface area contributed by atoms with Gasteiger partial charge in [0.05, 0.1) is 4.90 Å². The monoisotopic (exact) mass is 312 g/mol. The fraction of sp³-hybridized carbons (Fsp3) is 0.625. The second kappa shape index (κ2) is 7.92. The van der Waals surface area contributed by atoms with Crippen molar-refractivity contribution in [2.75, 3.05) is 20.1 Å². The zero-order valence-electron chi connectivity index (χ0n) is 13.8. The lowest BCUT2D eigenvalue weighted by atomic mass is 10.1. The van der Waals surface area contributed by atoms with Crippen molar-refractivity contribution < 1.29 is 8.42 Å². The van der Waals surface area contributed by atoms with Crippen molar-refractivity contribution in [3.63, 3.8) is 0 Å². The number of rotatable bonds is 8. The maximum atomic E-state index is 12.6. The third-order valence-corrected chi connectivity index (χ3v) is 5.27. The summed E-state index contributed by atoms with van der Waals surface area (Å²) in [7, 11) is -1.76. The molecule has 0 aliphatic heterocycles. The molecular weight excluding hydrogens is 284 g/mol. The molecule has 0 aromatic heterocycles. The molecule has 0 heterocycles. The topological polar surface area (TPSA) is 49.4 Å². The Kier molecular flexibility index (Phi) is 6.84. The van der Waals surface area contributed by atoms with Crippen molar-refractivity contribution >= 4 is 10.0 Å². The number of nitrogens with zero attached hydrogens (tertiary/aromatic N) is 1. The van der Waals surface area contributed by atoms with E-state index < -0.39 is 10.0 Å². The van der Waals surface area contributed by atoms with Crippen LogP contribution >= 0.6 is 0 Å². The molecule has 1 aromatic carbocycles. The van der Waals surface area contributed by atoms with Crippen LogP contribution in [0.15, 0.2) is 23.1 Å². The molecule has 5 heteroatoms. The maximum Gasteiger partial charge on any atom is 0.242 e. The Morgan fingerprint density at radius 2 is 1.86 bits per heavy atom. The second-order valence-electron chi connectivity index (χ2n) is 5.74. The number of hydrogen-bond acceptors (Lipinski definition) is 3. The fourth-order valence-corrected chi connectivity index (χ4v) is 3.71. The molecule has 0 saturated heterocycles. The molecule has 21 heavy (non-hydrogen) atoms. The average Bonchev–Trinajstić information content (AvgIpc) is 2.43. The van der Waals surface area contributed by atoms with Crippen LogP contribution in [0.1, 0.15) is 38.8 Å². The molecule has 1 rings (SSSR count). The molecule has 0 fully saturated rings. The van der Waals surface area contributed by atoms with Gasteiger partial charge in [0.1, 0.15) is 0 Å². The summed E-state index contributed by atoms with van der Waals surface area (Å²) in [5.41, 5.74) is 2.26.